The summed E-state index contributed by atoms with van der Waals surface area (Å²) in [4.78, 5) is 37.0. The van der Waals surface area contributed by atoms with Gasteiger partial charge in [-0.25, -0.2) is 4.98 Å². The first-order valence-corrected chi connectivity index (χ1v) is 13.9. The summed E-state index contributed by atoms with van der Waals surface area (Å²) >= 11 is 12.6. The van der Waals surface area contributed by atoms with Crippen LogP contribution in [0.3, 0.4) is 0 Å². The molecule has 1 aromatic heterocycles. The van der Waals surface area contributed by atoms with Crippen LogP contribution >= 0.6 is 23.2 Å². The summed E-state index contributed by atoms with van der Waals surface area (Å²) in [5, 5.41) is 4.22. The van der Waals surface area contributed by atoms with Crippen LogP contribution in [0.4, 0.5) is 11.5 Å². The molecule has 9 heteroatoms. The molecule has 0 bridgehead atoms. The molecule has 1 unspecified atom stereocenters. The molecule has 1 atom stereocenters. The number of amides is 2. The van der Waals surface area contributed by atoms with E-state index in [2.05, 4.69) is 15.2 Å². The van der Waals surface area contributed by atoms with E-state index in [0.717, 1.165) is 49.2 Å². The minimum atomic E-state index is -0.0772. The summed E-state index contributed by atoms with van der Waals surface area (Å²) in [5.74, 6) is 0.654. The summed E-state index contributed by atoms with van der Waals surface area (Å²) in [6.45, 7) is 3.42. The Morgan fingerprint density at radius 3 is 2.55 bits per heavy atom. The Balaban J connectivity index is 1.24. The Labute approximate surface area is 232 Å². The molecule has 196 valence electrons. The largest absolute Gasteiger partial charge is 0.359 e. The van der Waals surface area contributed by atoms with Crippen LogP contribution in [0, 0.1) is 0 Å². The third kappa shape index (κ3) is 4.86. The van der Waals surface area contributed by atoms with E-state index >= 15 is 0 Å². The van der Waals surface area contributed by atoms with Crippen molar-refractivity contribution in [3.63, 3.8) is 0 Å². The monoisotopic (exact) mass is 549 g/mol. The molecule has 3 aromatic rings. The highest BCUT2D eigenvalue weighted by Gasteiger charge is 2.34. The van der Waals surface area contributed by atoms with Gasteiger partial charge in [-0.3, -0.25) is 14.5 Å². The molecular weight excluding hydrogens is 521 g/mol. The van der Waals surface area contributed by atoms with E-state index < -0.39 is 0 Å². The first-order chi connectivity index (χ1) is 18.5. The van der Waals surface area contributed by atoms with Gasteiger partial charge in [-0.1, -0.05) is 35.3 Å². The summed E-state index contributed by atoms with van der Waals surface area (Å²) in [5.41, 5.74) is 3.92. The van der Waals surface area contributed by atoms with E-state index in [4.69, 9.17) is 23.2 Å². The number of rotatable bonds is 5. The Morgan fingerprint density at radius 2 is 1.76 bits per heavy atom. The first-order valence-electron chi connectivity index (χ1n) is 13.1. The zero-order valence-electron chi connectivity index (χ0n) is 21.0. The molecule has 1 N–H and O–H groups in total. The van der Waals surface area contributed by atoms with Gasteiger partial charge in [0.25, 0.3) is 5.91 Å². The fourth-order valence-electron chi connectivity index (χ4n) is 5.73. The molecule has 7 nitrogen and oxygen atoms in total. The molecule has 6 rings (SSSR count). The lowest BCUT2D eigenvalue weighted by Gasteiger charge is -2.32. The second kappa shape index (κ2) is 10.6. The van der Waals surface area contributed by atoms with Crippen LogP contribution in [-0.4, -0.2) is 58.9 Å². The average Bonchev–Trinajstić information content (AvgIpc) is 3.64. The number of halogens is 2. The standard InChI is InChI=1S/C29H29Cl2N5O2/c30-23-9-10-24(31)22(14-23)18-36-25-15-21(16-32-28(25)33-17-27(36)37)19-5-7-20(8-6-19)29(38)35-13-3-4-26(35)34-11-1-2-12-34/h5-10,14-16,26H,1-4,11-13,17-18H2,(H,32,33). The predicted octanol–water partition coefficient (Wildman–Crippen LogP) is 5.67. The lowest BCUT2D eigenvalue weighted by molar-refractivity contribution is -0.117. The van der Waals surface area contributed by atoms with Gasteiger partial charge in [-0.15, -0.1) is 0 Å². The van der Waals surface area contributed by atoms with E-state index in [9.17, 15) is 9.59 Å². The van der Waals surface area contributed by atoms with E-state index in [-0.39, 0.29) is 24.5 Å². The van der Waals surface area contributed by atoms with Gasteiger partial charge in [-0.2, -0.15) is 0 Å². The normalized spacial score (nSPS) is 19.5. The molecule has 2 amide bonds. The number of nitrogens with zero attached hydrogens (tertiary/aromatic N) is 4. The fourth-order valence-corrected chi connectivity index (χ4v) is 6.10. The van der Waals surface area contributed by atoms with Crippen LogP contribution in [-0.2, 0) is 11.3 Å². The van der Waals surface area contributed by atoms with E-state index in [1.807, 2.05) is 35.2 Å². The highest BCUT2D eigenvalue weighted by Crippen LogP contribution is 2.35. The first kappa shape index (κ1) is 25.2. The molecule has 0 saturated carbocycles. The van der Waals surface area contributed by atoms with Crippen LogP contribution in [0.2, 0.25) is 10.0 Å². The minimum Gasteiger partial charge on any atom is -0.359 e. The Morgan fingerprint density at radius 1 is 0.974 bits per heavy atom. The van der Waals surface area contributed by atoms with Crippen molar-refractivity contribution in [3.8, 4) is 11.1 Å². The number of carbonyl (C=O) groups excluding carboxylic acids is 2. The molecule has 3 aliphatic rings. The molecule has 38 heavy (non-hydrogen) atoms. The average molecular weight is 550 g/mol. The van der Waals surface area contributed by atoms with E-state index in [1.165, 1.54) is 12.8 Å². The lowest BCUT2D eigenvalue weighted by Crippen LogP contribution is -2.46. The summed E-state index contributed by atoms with van der Waals surface area (Å²) in [6.07, 6.45) is 6.54. The fraction of sp³-hybridized carbons (Fsp3) is 0.345. The molecule has 0 spiro atoms. The second-order valence-corrected chi connectivity index (χ2v) is 10.9. The summed E-state index contributed by atoms with van der Waals surface area (Å²) < 4.78 is 0. The van der Waals surface area contributed by atoms with Gasteiger partial charge < -0.3 is 15.1 Å². The smallest absolute Gasteiger partial charge is 0.255 e. The van der Waals surface area contributed by atoms with Crippen molar-refractivity contribution < 1.29 is 9.59 Å². The summed E-state index contributed by atoms with van der Waals surface area (Å²) in [6, 6.07) is 14.9. The third-order valence-electron chi connectivity index (χ3n) is 7.71. The molecule has 3 aliphatic heterocycles. The van der Waals surface area contributed by atoms with Gasteiger partial charge >= 0.3 is 0 Å². The maximum Gasteiger partial charge on any atom is 0.255 e. The summed E-state index contributed by atoms with van der Waals surface area (Å²) in [7, 11) is 0. The maximum atomic E-state index is 13.4. The SMILES string of the molecule is O=C1CNc2ncc(-c3ccc(C(=O)N4CCCC4N4CCCC4)cc3)cc2N1Cc1cc(Cl)ccc1Cl. The highest BCUT2D eigenvalue weighted by atomic mass is 35.5. The topological polar surface area (TPSA) is 68.8 Å². The van der Waals surface area contributed by atoms with Crippen molar-refractivity contribution >= 4 is 46.5 Å². The number of hydrogen-bond acceptors (Lipinski definition) is 5. The zero-order valence-corrected chi connectivity index (χ0v) is 22.5. The number of likely N-dealkylation sites (tertiary alicyclic amines) is 2. The van der Waals surface area contributed by atoms with Crippen LogP contribution < -0.4 is 10.2 Å². The molecule has 2 saturated heterocycles. The van der Waals surface area contributed by atoms with Crippen LogP contribution in [0.15, 0.2) is 54.7 Å². The van der Waals surface area contributed by atoms with Crippen molar-refractivity contribution in [1.82, 2.24) is 14.8 Å². The maximum absolute atomic E-state index is 13.4. The molecule has 0 radical (unpaired) electrons. The minimum absolute atomic E-state index is 0.0772. The Bertz CT molecular complexity index is 1370. The molecule has 4 heterocycles. The number of pyridine rings is 1. The van der Waals surface area contributed by atoms with Gasteiger partial charge in [0.1, 0.15) is 0 Å². The number of anilines is 2. The highest BCUT2D eigenvalue weighted by molar-refractivity contribution is 6.33. The number of hydrogen-bond donors (Lipinski definition) is 1. The van der Waals surface area contributed by atoms with E-state index in [0.29, 0.717) is 33.7 Å². The van der Waals surface area contributed by atoms with Crippen molar-refractivity contribution in [2.45, 2.75) is 38.4 Å². The van der Waals surface area contributed by atoms with Crippen LogP contribution in [0.5, 0.6) is 0 Å². The van der Waals surface area contributed by atoms with Gasteiger partial charge in [0.2, 0.25) is 5.91 Å². The Kier molecular flexibility index (Phi) is 6.99. The van der Waals surface area contributed by atoms with Crippen molar-refractivity contribution in [2.75, 3.05) is 36.4 Å². The number of benzene rings is 2. The number of fused-ring (bicyclic) bond motifs is 1. The van der Waals surface area contributed by atoms with Gasteiger partial charge in [0.05, 0.1) is 24.9 Å². The number of aromatic nitrogens is 1. The lowest BCUT2D eigenvalue weighted by atomic mass is 10.0. The third-order valence-corrected chi connectivity index (χ3v) is 8.32. The van der Waals surface area contributed by atoms with Gasteiger partial charge in [0.15, 0.2) is 5.82 Å². The predicted molar refractivity (Wildman–Crippen MR) is 151 cm³/mol. The van der Waals surface area contributed by atoms with Crippen LogP contribution in [0.1, 0.15) is 41.6 Å². The Hall–Kier alpha value is -3.13. The quantitative estimate of drug-likeness (QED) is 0.443. The van der Waals surface area contributed by atoms with Crippen LogP contribution in [0.25, 0.3) is 11.1 Å². The molecule has 2 fully saturated rings. The zero-order chi connectivity index (χ0) is 26.2. The number of carbonyl (C=O) groups is 2. The van der Waals surface area contributed by atoms with Crippen molar-refractivity contribution in [3.05, 3.63) is 75.9 Å². The second-order valence-electron chi connectivity index (χ2n) is 10.1. The van der Waals surface area contributed by atoms with Gasteiger partial charge in [0, 0.05) is 47.0 Å². The number of nitrogens with one attached hydrogen (secondary N) is 1. The molecule has 0 aliphatic carbocycles. The van der Waals surface area contributed by atoms with Crippen molar-refractivity contribution in [2.24, 2.45) is 0 Å². The van der Waals surface area contributed by atoms with Crippen molar-refractivity contribution in [1.29, 1.82) is 0 Å². The molecular formula is C29H29Cl2N5O2. The van der Waals surface area contributed by atoms with E-state index in [1.54, 1.807) is 29.3 Å². The van der Waals surface area contributed by atoms with Gasteiger partial charge in [-0.05, 0) is 73.2 Å². The molecule has 2 aromatic carbocycles.